The number of aryl methyl sites for hydroxylation is 1. The predicted octanol–water partition coefficient (Wildman–Crippen LogP) is 3.46. The normalized spacial score (nSPS) is 10.6. The summed E-state index contributed by atoms with van der Waals surface area (Å²) in [5.41, 5.74) is -0.158. The molecule has 0 atom stereocenters. The van der Waals surface area contributed by atoms with Gasteiger partial charge in [-0.1, -0.05) is 30.3 Å². The Hall–Kier alpha value is -3.68. The van der Waals surface area contributed by atoms with Crippen LogP contribution in [0.15, 0.2) is 53.3 Å². The molecule has 0 bridgehead atoms. The lowest BCUT2D eigenvalue weighted by Crippen LogP contribution is -2.24. The van der Waals surface area contributed by atoms with E-state index in [9.17, 15) is 19.7 Å². The van der Waals surface area contributed by atoms with Gasteiger partial charge in [0, 0.05) is 11.9 Å². The summed E-state index contributed by atoms with van der Waals surface area (Å²) in [5, 5.41) is 15.1. The fraction of sp³-hybridized carbons (Fsp3) is 0.158. The Labute approximate surface area is 154 Å². The second-order valence-electron chi connectivity index (χ2n) is 5.71. The fourth-order valence-electron chi connectivity index (χ4n) is 3.02. The number of carbonyl (C=O) groups excluding carboxylic acids is 1. The van der Waals surface area contributed by atoms with Gasteiger partial charge in [-0.05, 0) is 25.1 Å². The monoisotopic (exact) mass is 367 g/mol. The van der Waals surface area contributed by atoms with Crippen molar-refractivity contribution >= 4 is 33.9 Å². The molecule has 0 radical (unpaired) electrons. The number of hydrogen-bond acceptors (Lipinski definition) is 6. The number of aromatic nitrogens is 1. The van der Waals surface area contributed by atoms with Crippen molar-refractivity contribution in [3.05, 3.63) is 74.6 Å². The number of nitrogens with one attached hydrogen (secondary N) is 1. The first-order valence-electron chi connectivity index (χ1n) is 8.23. The molecule has 0 aliphatic heterocycles. The average Bonchev–Trinajstić information content (AvgIpc) is 2.67. The van der Waals surface area contributed by atoms with E-state index >= 15 is 0 Å². The molecule has 8 nitrogen and oxygen atoms in total. The molecule has 1 N–H and O–H groups in total. The van der Waals surface area contributed by atoms with Crippen molar-refractivity contribution < 1.29 is 14.5 Å². The Balaban J connectivity index is 2.33. The molecule has 138 valence electrons. The van der Waals surface area contributed by atoms with E-state index in [-0.39, 0.29) is 11.3 Å². The van der Waals surface area contributed by atoms with Gasteiger partial charge in [-0.25, -0.2) is 4.79 Å². The maximum atomic E-state index is 12.7. The number of carbonyl (C=O) groups is 1. The summed E-state index contributed by atoms with van der Waals surface area (Å²) >= 11 is 0. The Morgan fingerprint density at radius 3 is 2.52 bits per heavy atom. The van der Waals surface area contributed by atoms with Gasteiger partial charge in [0.25, 0.3) is 0 Å². The van der Waals surface area contributed by atoms with Crippen molar-refractivity contribution in [3.8, 4) is 0 Å². The summed E-state index contributed by atoms with van der Waals surface area (Å²) in [5.74, 6) is -0.591. The largest absolute Gasteiger partial charge is 0.465 e. The van der Waals surface area contributed by atoms with E-state index in [0.29, 0.717) is 23.1 Å². The van der Waals surface area contributed by atoms with Crippen LogP contribution in [0.3, 0.4) is 0 Å². The Morgan fingerprint density at radius 2 is 1.85 bits per heavy atom. The molecule has 0 aliphatic rings. The molecule has 3 aromatic rings. The Morgan fingerprint density at radius 1 is 1.19 bits per heavy atom. The van der Waals surface area contributed by atoms with Crippen LogP contribution in [0.4, 0.5) is 17.1 Å². The number of ether oxygens (including phenoxy) is 1. The Bertz CT molecular complexity index is 1100. The van der Waals surface area contributed by atoms with Gasteiger partial charge >= 0.3 is 17.2 Å². The minimum Gasteiger partial charge on any atom is -0.465 e. The van der Waals surface area contributed by atoms with Crippen molar-refractivity contribution in [1.29, 1.82) is 0 Å². The predicted molar refractivity (Wildman–Crippen MR) is 102 cm³/mol. The zero-order valence-electron chi connectivity index (χ0n) is 14.8. The number of anilines is 2. The molecular weight excluding hydrogens is 350 g/mol. The highest BCUT2D eigenvalue weighted by molar-refractivity contribution is 6.01. The summed E-state index contributed by atoms with van der Waals surface area (Å²) in [4.78, 5) is 35.7. The second kappa shape index (κ2) is 7.28. The van der Waals surface area contributed by atoms with Crippen LogP contribution in [0.1, 0.15) is 17.3 Å². The number of methoxy groups -OCH3 is 1. The van der Waals surface area contributed by atoms with Crippen molar-refractivity contribution in [2.24, 2.45) is 0 Å². The van der Waals surface area contributed by atoms with E-state index in [0.717, 1.165) is 0 Å². The molecule has 0 saturated heterocycles. The van der Waals surface area contributed by atoms with Crippen LogP contribution in [0, 0.1) is 10.1 Å². The molecule has 0 saturated carbocycles. The molecule has 8 heteroatoms. The van der Waals surface area contributed by atoms with Gasteiger partial charge in [-0.15, -0.1) is 0 Å². The number of para-hydroxylation sites is 2. The van der Waals surface area contributed by atoms with E-state index in [2.05, 4.69) is 5.32 Å². The van der Waals surface area contributed by atoms with Crippen molar-refractivity contribution in [1.82, 2.24) is 4.57 Å². The van der Waals surface area contributed by atoms with Crippen molar-refractivity contribution in [2.75, 3.05) is 12.4 Å². The molecular formula is C19H17N3O5. The van der Waals surface area contributed by atoms with Gasteiger partial charge in [-0.2, -0.15) is 0 Å². The fourth-order valence-corrected chi connectivity index (χ4v) is 3.02. The first kappa shape index (κ1) is 18.1. The zero-order chi connectivity index (χ0) is 19.6. The third kappa shape index (κ3) is 3.12. The van der Waals surface area contributed by atoms with Crippen LogP contribution in [0.5, 0.6) is 0 Å². The SMILES string of the molecule is CCn1c(=O)c([N+](=O)[O-])c(Nc2ccccc2C(=O)OC)c2ccccc21. The number of benzene rings is 2. The lowest BCUT2D eigenvalue weighted by molar-refractivity contribution is -0.385. The third-order valence-electron chi connectivity index (χ3n) is 4.24. The lowest BCUT2D eigenvalue weighted by Gasteiger charge is -2.15. The van der Waals surface area contributed by atoms with Gasteiger partial charge in [0.1, 0.15) is 5.69 Å². The van der Waals surface area contributed by atoms with E-state index in [1.54, 1.807) is 49.4 Å². The number of nitro groups is 1. The molecule has 1 aromatic heterocycles. The van der Waals surface area contributed by atoms with Crippen LogP contribution in [-0.2, 0) is 11.3 Å². The van der Waals surface area contributed by atoms with Gasteiger partial charge in [0.2, 0.25) is 0 Å². The molecule has 1 heterocycles. The molecule has 0 fully saturated rings. The first-order valence-corrected chi connectivity index (χ1v) is 8.23. The van der Waals surface area contributed by atoms with Gasteiger partial charge in [-0.3, -0.25) is 14.9 Å². The maximum absolute atomic E-state index is 12.7. The summed E-state index contributed by atoms with van der Waals surface area (Å²) in [6.07, 6.45) is 0. The van der Waals surface area contributed by atoms with E-state index in [1.165, 1.54) is 17.7 Å². The third-order valence-corrected chi connectivity index (χ3v) is 4.24. The van der Waals surface area contributed by atoms with Gasteiger partial charge in [0.15, 0.2) is 0 Å². The number of nitrogens with zero attached hydrogens (tertiary/aromatic N) is 2. The Kier molecular flexibility index (Phi) is 4.89. The minimum atomic E-state index is -0.709. The summed E-state index contributed by atoms with van der Waals surface area (Å²) < 4.78 is 6.11. The number of pyridine rings is 1. The molecule has 0 amide bonds. The smallest absolute Gasteiger partial charge is 0.357 e. The topological polar surface area (TPSA) is 103 Å². The van der Waals surface area contributed by atoms with Crippen LogP contribution in [0.2, 0.25) is 0 Å². The molecule has 27 heavy (non-hydrogen) atoms. The quantitative estimate of drug-likeness (QED) is 0.421. The van der Waals surface area contributed by atoms with E-state index in [1.807, 2.05) is 0 Å². The van der Waals surface area contributed by atoms with Crippen LogP contribution in [0.25, 0.3) is 10.9 Å². The van der Waals surface area contributed by atoms with Crippen molar-refractivity contribution in [2.45, 2.75) is 13.5 Å². The van der Waals surface area contributed by atoms with E-state index < -0.39 is 22.1 Å². The number of hydrogen-bond donors (Lipinski definition) is 1. The molecule has 0 aliphatic carbocycles. The van der Waals surface area contributed by atoms with Crippen molar-refractivity contribution in [3.63, 3.8) is 0 Å². The number of fused-ring (bicyclic) bond motifs is 1. The standard InChI is InChI=1S/C19H17N3O5/c1-3-21-15-11-7-5-9-13(15)16(17(18(21)23)22(25)26)20-14-10-6-4-8-12(14)19(24)27-2/h4-11,20H,3H2,1-2H3. The average molecular weight is 367 g/mol. The molecule has 0 unspecified atom stereocenters. The maximum Gasteiger partial charge on any atom is 0.357 e. The molecule has 3 rings (SSSR count). The summed E-state index contributed by atoms with van der Waals surface area (Å²) in [6.45, 7) is 2.04. The van der Waals surface area contributed by atoms with E-state index in [4.69, 9.17) is 4.74 Å². The van der Waals surface area contributed by atoms with Crippen LogP contribution >= 0.6 is 0 Å². The van der Waals surface area contributed by atoms with Gasteiger partial charge < -0.3 is 14.6 Å². The summed E-state index contributed by atoms with van der Waals surface area (Å²) in [6, 6.07) is 13.4. The summed E-state index contributed by atoms with van der Waals surface area (Å²) in [7, 11) is 1.25. The van der Waals surface area contributed by atoms with Crippen LogP contribution in [-0.4, -0.2) is 22.6 Å². The highest BCUT2D eigenvalue weighted by Gasteiger charge is 2.26. The highest BCUT2D eigenvalue weighted by atomic mass is 16.6. The zero-order valence-corrected chi connectivity index (χ0v) is 14.8. The molecule has 0 spiro atoms. The number of rotatable bonds is 5. The highest BCUT2D eigenvalue weighted by Crippen LogP contribution is 2.33. The minimum absolute atomic E-state index is 0.0432. The second-order valence-corrected chi connectivity index (χ2v) is 5.71. The first-order chi connectivity index (χ1) is 13.0. The van der Waals surface area contributed by atoms with Gasteiger partial charge in [0.05, 0.1) is 28.8 Å². The molecule has 2 aromatic carbocycles. The number of esters is 1. The lowest BCUT2D eigenvalue weighted by atomic mass is 10.1. The van der Waals surface area contributed by atoms with Crippen LogP contribution < -0.4 is 10.9 Å².